The maximum atomic E-state index is 13.5. The lowest BCUT2D eigenvalue weighted by Gasteiger charge is -2.30. The van der Waals surface area contributed by atoms with Crippen molar-refractivity contribution in [2.45, 2.75) is 69.4 Å². The summed E-state index contributed by atoms with van der Waals surface area (Å²) in [7, 11) is -2.06. The molecular formula is C32H41N3O3S. The van der Waals surface area contributed by atoms with Gasteiger partial charge in [0.2, 0.25) is 15.9 Å². The summed E-state index contributed by atoms with van der Waals surface area (Å²) in [5, 5.41) is 0. The van der Waals surface area contributed by atoms with Crippen molar-refractivity contribution >= 4 is 21.6 Å². The minimum absolute atomic E-state index is 0.140. The Balaban J connectivity index is 1.50. The summed E-state index contributed by atoms with van der Waals surface area (Å²) in [4.78, 5) is 18.3. The summed E-state index contributed by atoms with van der Waals surface area (Å²) >= 11 is 0. The first-order valence-electron chi connectivity index (χ1n) is 14.1. The second kappa shape index (κ2) is 14.3. The highest BCUT2D eigenvalue weighted by molar-refractivity contribution is 7.89. The number of sulfonamides is 1. The molecule has 0 saturated heterocycles. The van der Waals surface area contributed by atoms with Crippen LogP contribution in [-0.2, 0) is 34.3 Å². The Morgan fingerprint density at radius 1 is 0.769 bits per heavy atom. The Hall–Kier alpha value is -3.16. The fourth-order valence-electron chi connectivity index (χ4n) is 5.21. The van der Waals surface area contributed by atoms with Crippen molar-refractivity contribution in [2.75, 3.05) is 25.0 Å². The average molecular weight is 548 g/mol. The molecule has 6 nitrogen and oxygen atoms in total. The Labute approximate surface area is 234 Å². The molecule has 0 saturated carbocycles. The van der Waals surface area contributed by atoms with Crippen molar-refractivity contribution in [2.24, 2.45) is 0 Å². The van der Waals surface area contributed by atoms with Crippen LogP contribution < -0.4 is 9.62 Å². The predicted molar refractivity (Wildman–Crippen MR) is 158 cm³/mol. The Kier molecular flexibility index (Phi) is 10.6. The Morgan fingerprint density at radius 3 is 2.13 bits per heavy atom. The zero-order valence-corrected chi connectivity index (χ0v) is 23.8. The van der Waals surface area contributed by atoms with E-state index in [4.69, 9.17) is 0 Å². The van der Waals surface area contributed by atoms with E-state index in [0.29, 0.717) is 19.4 Å². The molecule has 0 atom stereocenters. The van der Waals surface area contributed by atoms with Gasteiger partial charge in [0, 0.05) is 38.3 Å². The number of para-hydroxylation sites is 1. The maximum absolute atomic E-state index is 13.5. The number of nitrogens with one attached hydrogen (secondary N) is 1. The van der Waals surface area contributed by atoms with Gasteiger partial charge in [0.05, 0.1) is 4.90 Å². The minimum atomic E-state index is -3.47. The molecule has 0 fully saturated rings. The first-order chi connectivity index (χ1) is 19.0. The Bertz CT molecular complexity index is 1290. The number of fused-ring (bicyclic) bond motifs is 1. The Morgan fingerprint density at radius 2 is 1.41 bits per heavy atom. The van der Waals surface area contributed by atoms with E-state index in [1.165, 1.54) is 43.1 Å². The van der Waals surface area contributed by atoms with Gasteiger partial charge < -0.3 is 9.80 Å². The van der Waals surface area contributed by atoms with E-state index < -0.39 is 10.0 Å². The maximum Gasteiger partial charge on any atom is 0.240 e. The van der Waals surface area contributed by atoms with Crippen LogP contribution >= 0.6 is 0 Å². The number of amides is 1. The third-order valence-corrected chi connectivity index (χ3v) is 8.93. The van der Waals surface area contributed by atoms with Gasteiger partial charge in [-0.25, -0.2) is 13.1 Å². The normalized spacial score (nSPS) is 15.5. The molecule has 1 amide bonds. The number of carbonyl (C=O) groups excluding carboxylic acids is 1. The van der Waals surface area contributed by atoms with Gasteiger partial charge in [-0.05, 0) is 61.2 Å². The molecule has 0 unspecified atom stereocenters. The second-order valence-electron chi connectivity index (χ2n) is 10.3. The highest BCUT2D eigenvalue weighted by Crippen LogP contribution is 2.26. The largest absolute Gasteiger partial charge is 0.367 e. The van der Waals surface area contributed by atoms with Gasteiger partial charge in [-0.2, -0.15) is 0 Å². The molecule has 39 heavy (non-hydrogen) atoms. The molecule has 4 rings (SSSR count). The van der Waals surface area contributed by atoms with E-state index in [1.807, 2.05) is 4.90 Å². The van der Waals surface area contributed by atoms with Crippen LogP contribution in [0.2, 0.25) is 0 Å². The zero-order chi connectivity index (χ0) is 27.5. The summed E-state index contributed by atoms with van der Waals surface area (Å²) in [6.07, 6.45) is 7.95. The van der Waals surface area contributed by atoms with E-state index >= 15 is 0 Å². The number of carbonyl (C=O) groups is 1. The quantitative estimate of drug-likeness (QED) is 0.399. The summed E-state index contributed by atoms with van der Waals surface area (Å²) < 4.78 is 26.4. The number of rotatable bonds is 7. The molecule has 208 valence electrons. The highest BCUT2D eigenvalue weighted by atomic mass is 32.2. The van der Waals surface area contributed by atoms with Gasteiger partial charge >= 0.3 is 0 Å². The van der Waals surface area contributed by atoms with E-state index in [2.05, 4.69) is 64.2 Å². The topological polar surface area (TPSA) is 69.7 Å². The predicted octanol–water partition coefficient (Wildman–Crippen LogP) is 5.92. The lowest BCUT2D eigenvalue weighted by atomic mass is 10.1. The molecule has 7 heteroatoms. The molecule has 1 heterocycles. The first kappa shape index (κ1) is 28.8. The lowest BCUT2D eigenvalue weighted by Crippen LogP contribution is -2.33. The monoisotopic (exact) mass is 547 g/mol. The molecular weight excluding hydrogens is 506 g/mol. The van der Waals surface area contributed by atoms with Crippen molar-refractivity contribution in [1.29, 1.82) is 0 Å². The molecule has 0 radical (unpaired) electrons. The van der Waals surface area contributed by atoms with E-state index in [9.17, 15) is 13.2 Å². The fourth-order valence-corrected chi connectivity index (χ4v) is 5.94. The molecule has 3 aromatic carbocycles. The number of hydrogen-bond acceptors (Lipinski definition) is 4. The van der Waals surface area contributed by atoms with Crippen molar-refractivity contribution in [3.8, 4) is 0 Å². The molecule has 0 bridgehead atoms. The van der Waals surface area contributed by atoms with Gasteiger partial charge in [0.25, 0.3) is 0 Å². The fraction of sp³-hybridized carbons (Fsp3) is 0.406. The smallest absolute Gasteiger partial charge is 0.240 e. The van der Waals surface area contributed by atoms with Crippen molar-refractivity contribution in [1.82, 2.24) is 9.62 Å². The van der Waals surface area contributed by atoms with Gasteiger partial charge in [-0.3, -0.25) is 4.79 Å². The van der Waals surface area contributed by atoms with Crippen LogP contribution in [0.4, 0.5) is 5.69 Å². The van der Waals surface area contributed by atoms with Crippen LogP contribution in [-0.4, -0.2) is 39.4 Å². The number of anilines is 1. The molecule has 3 aromatic rings. The van der Waals surface area contributed by atoms with Gasteiger partial charge in [-0.1, -0.05) is 86.3 Å². The lowest BCUT2D eigenvalue weighted by molar-refractivity contribution is -0.131. The molecule has 0 aliphatic carbocycles. The third kappa shape index (κ3) is 8.41. The van der Waals surface area contributed by atoms with E-state index in [-0.39, 0.29) is 10.8 Å². The van der Waals surface area contributed by atoms with Crippen molar-refractivity contribution in [3.63, 3.8) is 0 Å². The van der Waals surface area contributed by atoms with E-state index in [1.54, 1.807) is 24.3 Å². The summed E-state index contributed by atoms with van der Waals surface area (Å²) in [6.45, 7) is 3.20. The number of aryl methyl sites for hydroxylation is 1. The van der Waals surface area contributed by atoms with Crippen molar-refractivity contribution in [3.05, 3.63) is 95.6 Å². The molecule has 0 spiro atoms. The van der Waals surface area contributed by atoms with Crippen molar-refractivity contribution < 1.29 is 13.2 Å². The van der Waals surface area contributed by atoms with Crippen LogP contribution in [0.25, 0.3) is 0 Å². The van der Waals surface area contributed by atoms with Gasteiger partial charge in [0.1, 0.15) is 0 Å². The average Bonchev–Trinajstić information content (AvgIpc) is 2.98. The minimum Gasteiger partial charge on any atom is -0.367 e. The molecule has 1 N–H and O–H groups in total. The number of nitrogens with zero attached hydrogens (tertiary/aromatic N) is 2. The van der Waals surface area contributed by atoms with Gasteiger partial charge in [-0.15, -0.1) is 0 Å². The van der Waals surface area contributed by atoms with E-state index in [0.717, 1.165) is 44.5 Å². The first-order valence-corrected chi connectivity index (χ1v) is 15.6. The van der Waals surface area contributed by atoms with Crippen LogP contribution in [0.5, 0.6) is 0 Å². The van der Waals surface area contributed by atoms with Crippen LogP contribution in [0.15, 0.2) is 83.8 Å². The third-order valence-electron chi connectivity index (χ3n) is 7.50. The second-order valence-corrected chi connectivity index (χ2v) is 12.2. The SMILES string of the molecule is CNS(=O)(=O)c1ccc(CCC(=O)N2CCCCCCCCN(Cc3ccccc3)c3ccccc3C2)cc1. The number of hydrogen-bond donors (Lipinski definition) is 1. The van der Waals surface area contributed by atoms with Crippen LogP contribution in [0.3, 0.4) is 0 Å². The van der Waals surface area contributed by atoms with Crippen LogP contribution in [0.1, 0.15) is 61.6 Å². The standard InChI is InChI=1S/C32H41N3O3S/c1-33-39(37,38)30-20-17-27(18-21-30)19-22-32(36)35-24-12-5-3-2-4-11-23-34(25-28-13-7-6-8-14-28)31-16-10-9-15-29(31)26-35/h6-10,13-18,20-21,33H,2-5,11-12,19,22-26H2,1H3. The highest BCUT2D eigenvalue weighted by Gasteiger charge is 2.19. The zero-order valence-electron chi connectivity index (χ0n) is 23.0. The molecule has 1 aliphatic rings. The summed E-state index contributed by atoms with van der Waals surface area (Å²) in [6, 6.07) is 25.9. The summed E-state index contributed by atoms with van der Waals surface area (Å²) in [5.74, 6) is 0.140. The molecule has 0 aromatic heterocycles. The number of benzene rings is 3. The molecule has 1 aliphatic heterocycles. The van der Waals surface area contributed by atoms with Gasteiger partial charge in [0.15, 0.2) is 0 Å². The summed E-state index contributed by atoms with van der Waals surface area (Å²) in [5.41, 5.74) is 4.64. The van der Waals surface area contributed by atoms with Crippen LogP contribution in [0, 0.1) is 0 Å².